The first-order chi connectivity index (χ1) is 15.2. The van der Waals surface area contributed by atoms with Crippen LogP contribution >= 0.6 is 0 Å². The van der Waals surface area contributed by atoms with Crippen LogP contribution in [0.3, 0.4) is 0 Å². The summed E-state index contributed by atoms with van der Waals surface area (Å²) >= 11 is 0. The van der Waals surface area contributed by atoms with Gasteiger partial charge in [0, 0.05) is 6.42 Å². The van der Waals surface area contributed by atoms with E-state index < -0.39 is 11.8 Å². The third kappa shape index (κ3) is 5.24. The summed E-state index contributed by atoms with van der Waals surface area (Å²) in [5, 5.41) is 7.94. The summed E-state index contributed by atoms with van der Waals surface area (Å²) in [4.78, 5) is 24.3. The molecule has 0 spiro atoms. The van der Waals surface area contributed by atoms with Crippen LogP contribution in [0.1, 0.15) is 11.1 Å². The van der Waals surface area contributed by atoms with Crippen LogP contribution in [-0.2, 0) is 22.6 Å². The van der Waals surface area contributed by atoms with Crippen molar-refractivity contribution in [3.63, 3.8) is 0 Å². The number of carbonyl (C=O) groups is 2. The molecule has 8 heteroatoms. The van der Waals surface area contributed by atoms with Gasteiger partial charge in [0.25, 0.3) is 11.8 Å². The fourth-order valence-corrected chi connectivity index (χ4v) is 3.13. The molecule has 0 saturated carbocycles. The quantitative estimate of drug-likeness (QED) is 0.451. The normalized spacial score (nSPS) is 10.6. The highest BCUT2D eigenvalue weighted by Gasteiger charge is 2.11. The van der Waals surface area contributed by atoms with E-state index in [1.165, 1.54) is 4.68 Å². The van der Waals surface area contributed by atoms with Gasteiger partial charge in [0.2, 0.25) is 0 Å². The molecule has 0 aliphatic carbocycles. The number of aromatic nitrogens is 3. The lowest BCUT2D eigenvalue weighted by atomic mass is 10.0. The number of carbonyl (C=O) groups excluding carboxylic acids is 2. The van der Waals surface area contributed by atoms with Crippen molar-refractivity contribution in [1.29, 1.82) is 0 Å². The number of benzene rings is 3. The summed E-state index contributed by atoms with van der Waals surface area (Å²) < 4.78 is 7.14. The largest absolute Gasteiger partial charge is 0.483 e. The molecule has 31 heavy (non-hydrogen) atoms. The number of ether oxygens (including phenoxy) is 1. The minimum absolute atomic E-state index is 0.0679. The van der Waals surface area contributed by atoms with Crippen molar-refractivity contribution in [3.8, 4) is 5.75 Å². The first-order valence-corrected chi connectivity index (χ1v) is 9.79. The zero-order valence-corrected chi connectivity index (χ0v) is 16.7. The maximum Gasteiger partial charge on any atom is 0.276 e. The number of nitrogens with zero attached hydrogens (tertiary/aromatic N) is 3. The lowest BCUT2D eigenvalue weighted by molar-refractivity contribution is -0.130. The van der Waals surface area contributed by atoms with E-state index in [1.807, 2.05) is 78.9 Å². The van der Waals surface area contributed by atoms with Crippen molar-refractivity contribution in [1.82, 2.24) is 25.8 Å². The molecule has 2 N–H and O–H groups in total. The van der Waals surface area contributed by atoms with E-state index >= 15 is 0 Å². The Morgan fingerprint density at radius 2 is 1.55 bits per heavy atom. The second kappa shape index (κ2) is 9.53. The van der Waals surface area contributed by atoms with E-state index in [-0.39, 0.29) is 13.2 Å². The molecule has 156 valence electrons. The van der Waals surface area contributed by atoms with Crippen LogP contribution in [0.2, 0.25) is 0 Å². The Kier molecular flexibility index (Phi) is 6.18. The highest BCUT2D eigenvalue weighted by molar-refractivity contribution is 5.83. The molecule has 0 aliphatic heterocycles. The fourth-order valence-electron chi connectivity index (χ4n) is 3.13. The highest BCUT2D eigenvalue weighted by Crippen LogP contribution is 2.21. The Balaban J connectivity index is 1.27. The fraction of sp³-hybridized carbons (Fsp3) is 0.130. The third-order valence-corrected chi connectivity index (χ3v) is 4.62. The van der Waals surface area contributed by atoms with E-state index in [9.17, 15) is 9.59 Å². The Morgan fingerprint density at radius 3 is 2.42 bits per heavy atom. The number of para-hydroxylation sites is 2. The molecule has 4 aromatic rings. The number of hydrogen-bond acceptors (Lipinski definition) is 5. The van der Waals surface area contributed by atoms with Crippen LogP contribution in [0.25, 0.3) is 11.0 Å². The van der Waals surface area contributed by atoms with Gasteiger partial charge in [-0.3, -0.25) is 20.4 Å². The van der Waals surface area contributed by atoms with Crippen molar-refractivity contribution >= 4 is 22.8 Å². The van der Waals surface area contributed by atoms with Gasteiger partial charge in [0.1, 0.15) is 17.8 Å². The van der Waals surface area contributed by atoms with E-state index in [1.54, 1.807) is 0 Å². The van der Waals surface area contributed by atoms with Crippen molar-refractivity contribution < 1.29 is 14.3 Å². The van der Waals surface area contributed by atoms with Crippen molar-refractivity contribution in [2.24, 2.45) is 0 Å². The third-order valence-electron chi connectivity index (χ3n) is 4.62. The molecular weight excluding hydrogens is 394 g/mol. The molecule has 0 radical (unpaired) electrons. The van der Waals surface area contributed by atoms with Crippen LogP contribution < -0.4 is 15.6 Å². The number of nitrogens with one attached hydrogen (secondary N) is 2. The van der Waals surface area contributed by atoms with Crippen LogP contribution in [0.4, 0.5) is 0 Å². The van der Waals surface area contributed by atoms with Gasteiger partial charge in [0.15, 0.2) is 6.61 Å². The van der Waals surface area contributed by atoms with Crippen LogP contribution in [-0.4, -0.2) is 33.4 Å². The average Bonchev–Trinajstić information content (AvgIpc) is 3.20. The van der Waals surface area contributed by atoms with Gasteiger partial charge in [-0.2, -0.15) is 0 Å². The monoisotopic (exact) mass is 415 g/mol. The Bertz CT molecular complexity index is 1190. The molecule has 8 nitrogen and oxygen atoms in total. The number of amides is 2. The maximum atomic E-state index is 12.1. The van der Waals surface area contributed by atoms with E-state index in [4.69, 9.17) is 4.74 Å². The minimum Gasteiger partial charge on any atom is -0.483 e. The summed E-state index contributed by atoms with van der Waals surface area (Å²) in [6.07, 6.45) is 0.696. The molecule has 0 aliphatic rings. The molecule has 4 rings (SSSR count). The molecule has 3 aromatic carbocycles. The summed E-state index contributed by atoms with van der Waals surface area (Å²) in [5.41, 5.74) is 8.29. The Hall–Kier alpha value is -4.20. The van der Waals surface area contributed by atoms with Gasteiger partial charge in [-0.05, 0) is 29.3 Å². The topological polar surface area (TPSA) is 98.1 Å². The maximum absolute atomic E-state index is 12.1. The van der Waals surface area contributed by atoms with E-state index in [2.05, 4.69) is 21.2 Å². The first-order valence-electron chi connectivity index (χ1n) is 9.79. The number of rotatable bonds is 7. The van der Waals surface area contributed by atoms with Gasteiger partial charge < -0.3 is 4.74 Å². The van der Waals surface area contributed by atoms with Crippen LogP contribution in [0.15, 0.2) is 78.9 Å². The zero-order valence-electron chi connectivity index (χ0n) is 16.7. The SMILES string of the molecule is O=C(COc1ccccc1Cc1ccccc1)NNC(=O)Cn1nnc2ccccc21. The Labute approximate surface area is 178 Å². The molecule has 0 bridgehead atoms. The summed E-state index contributed by atoms with van der Waals surface area (Å²) in [6.45, 7) is -0.292. The van der Waals surface area contributed by atoms with Gasteiger partial charge >= 0.3 is 0 Å². The first kappa shape index (κ1) is 20.1. The van der Waals surface area contributed by atoms with Crippen molar-refractivity contribution in [2.75, 3.05) is 6.61 Å². The lowest BCUT2D eigenvalue weighted by Gasteiger charge is -2.12. The molecule has 0 fully saturated rings. The average molecular weight is 415 g/mol. The second-order valence-electron chi connectivity index (χ2n) is 6.89. The van der Waals surface area contributed by atoms with E-state index in [0.717, 1.165) is 16.6 Å². The van der Waals surface area contributed by atoms with Crippen LogP contribution in [0.5, 0.6) is 5.75 Å². The molecule has 0 atom stereocenters. The Morgan fingerprint density at radius 1 is 0.839 bits per heavy atom. The van der Waals surface area contributed by atoms with Gasteiger partial charge in [-0.1, -0.05) is 65.9 Å². The smallest absolute Gasteiger partial charge is 0.276 e. The van der Waals surface area contributed by atoms with Crippen molar-refractivity contribution in [2.45, 2.75) is 13.0 Å². The van der Waals surface area contributed by atoms with Crippen LogP contribution in [0, 0.1) is 0 Å². The predicted molar refractivity (Wildman–Crippen MR) is 115 cm³/mol. The molecule has 1 heterocycles. The second-order valence-corrected chi connectivity index (χ2v) is 6.89. The summed E-state index contributed by atoms with van der Waals surface area (Å²) in [5.74, 6) is -0.262. The van der Waals surface area contributed by atoms with Gasteiger partial charge in [-0.15, -0.1) is 5.10 Å². The minimum atomic E-state index is -0.466. The molecule has 0 unspecified atom stereocenters. The number of hydrazine groups is 1. The van der Waals surface area contributed by atoms with Gasteiger partial charge in [0.05, 0.1) is 5.52 Å². The van der Waals surface area contributed by atoms with Crippen molar-refractivity contribution in [3.05, 3.63) is 90.0 Å². The molecular formula is C23H21N5O3. The summed E-state index contributed by atoms with van der Waals surface area (Å²) in [6, 6.07) is 24.9. The molecule has 2 amide bonds. The molecule has 1 aromatic heterocycles. The number of fused-ring (bicyclic) bond motifs is 1. The van der Waals surface area contributed by atoms with Gasteiger partial charge in [-0.25, -0.2) is 4.68 Å². The molecule has 0 saturated heterocycles. The summed E-state index contributed by atoms with van der Waals surface area (Å²) in [7, 11) is 0. The zero-order chi connectivity index (χ0) is 21.5. The lowest BCUT2D eigenvalue weighted by Crippen LogP contribution is -2.45. The predicted octanol–water partition coefficient (Wildman–Crippen LogP) is 2.25. The number of hydrogen-bond donors (Lipinski definition) is 2. The standard InChI is InChI=1S/C23H21N5O3/c29-22(15-28-20-12-6-5-11-19(20)24-27-28)25-26-23(30)16-31-21-13-7-4-10-18(21)14-17-8-2-1-3-9-17/h1-13H,14-16H2,(H,25,29)(H,26,30). The van der Waals surface area contributed by atoms with E-state index in [0.29, 0.717) is 17.7 Å². The highest BCUT2D eigenvalue weighted by atomic mass is 16.5.